The van der Waals surface area contributed by atoms with E-state index in [0.29, 0.717) is 11.1 Å². The van der Waals surface area contributed by atoms with E-state index >= 15 is 0 Å². The number of hydrogen-bond acceptors (Lipinski definition) is 1. The van der Waals surface area contributed by atoms with Crippen LogP contribution < -0.4 is 4.74 Å². The third-order valence-corrected chi connectivity index (χ3v) is 4.05. The molecular formula is C14H10BrClF2O. The Labute approximate surface area is 123 Å². The molecule has 0 bridgehead atoms. The number of hydrogen-bond donors (Lipinski definition) is 0. The first-order valence-electron chi connectivity index (χ1n) is 5.46. The Morgan fingerprint density at radius 3 is 2.53 bits per heavy atom. The van der Waals surface area contributed by atoms with Gasteiger partial charge >= 0.3 is 0 Å². The van der Waals surface area contributed by atoms with Gasteiger partial charge in [0.2, 0.25) is 0 Å². The van der Waals surface area contributed by atoms with Crippen molar-refractivity contribution in [2.45, 2.75) is 5.38 Å². The molecule has 1 unspecified atom stereocenters. The monoisotopic (exact) mass is 346 g/mol. The summed E-state index contributed by atoms with van der Waals surface area (Å²) < 4.78 is 32.2. The lowest BCUT2D eigenvalue weighted by atomic mass is 10.0. The zero-order valence-electron chi connectivity index (χ0n) is 9.96. The molecule has 0 aliphatic heterocycles. The van der Waals surface area contributed by atoms with Crippen LogP contribution in [0.4, 0.5) is 8.78 Å². The van der Waals surface area contributed by atoms with Gasteiger partial charge in [0.25, 0.3) is 0 Å². The maximum absolute atomic E-state index is 13.6. The second kappa shape index (κ2) is 5.88. The smallest absolute Gasteiger partial charge is 0.165 e. The summed E-state index contributed by atoms with van der Waals surface area (Å²) in [6.07, 6.45) is 0. The van der Waals surface area contributed by atoms with Crippen LogP contribution in [-0.4, -0.2) is 7.11 Å². The van der Waals surface area contributed by atoms with Crippen molar-refractivity contribution >= 4 is 27.5 Å². The molecule has 1 atom stereocenters. The highest BCUT2D eigenvalue weighted by Crippen LogP contribution is 2.36. The van der Waals surface area contributed by atoms with Gasteiger partial charge in [-0.05, 0) is 45.3 Å². The zero-order valence-corrected chi connectivity index (χ0v) is 12.3. The van der Waals surface area contributed by atoms with Crippen LogP contribution in [0.5, 0.6) is 5.75 Å². The van der Waals surface area contributed by atoms with Crippen LogP contribution in [0, 0.1) is 11.6 Å². The van der Waals surface area contributed by atoms with Crippen molar-refractivity contribution in [2.24, 2.45) is 0 Å². The average Bonchev–Trinajstić information content (AvgIpc) is 2.41. The van der Waals surface area contributed by atoms with Crippen molar-refractivity contribution in [3.8, 4) is 5.75 Å². The summed E-state index contributed by atoms with van der Waals surface area (Å²) in [6.45, 7) is 0. The lowest BCUT2D eigenvalue weighted by molar-refractivity contribution is 0.386. The molecule has 0 aliphatic rings. The van der Waals surface area contributed by atoms with E-state index in [9.17, 15) is 8.78 Å². The van der Waals surface area contributed by atoms with Gasteiger partial charge in [0.05, 0.1) is 17.0 Å². The van der Waals surface area contributed by atoms with E-state index in [4.69, 9.17) is 16.3 Å². The zero-order chi connectivity index (χ0) is 14.0. The van der Waals surface area contributed by atoms with Gasteiger partial charge < -0.3 is 4.74 Å². The van der Waals surface area contributed by atoms with Crippen LogP contribution in [0.2, 0.25) is 0 Å². The fourth-order valence-corrected chi connectivity index (χ4v) is 2.68. The Hall–Kier alpha value is -1.13. The van der Waals surface area contributed by atoms with E-state index in [-0.39, 0.29) is 10.2 Å². The Balaban J connectivity index is 2.41. The van der Waals surface area contributed by atoms with Gasteiger partial charge in [-0.25, -0.2) is 8.78 Å². The molecule has 0 spiro atoms. The Kier molecular flexibility index (Phi) is 4.42. The SMILES string of the molecule is COc1ccc(C(Cl)c2cccc(F)c2Br)cc1F. The van der Waals surface area contributed by atoms with Gasteiger partial charge in [-0.3, -0.25) is 0 Å². The normalized spacial score (nSPS) is 12.3. The molecule has 2 rings (SSSR count). The van der Waals surface area contributed by atoms with Crippen molar-refractivity contribution in [2.75, 3.05) is 7.11 Å². The maximum Gasteiger partial charge on any atom is 0.165 e. The van der Waals surface area contributed by atoms with Crippen LogP contribution in [0.1, 0.15) is 16.5 Å². The minimum atomic E-state index is -0.648. The van der Waals surface area contributed by atoms with E-state index in [2.05, 4.69) is 15.9 Å². The summed E-state index contributed by atoms with van der Waals surface area (Å²) in [5, 5.41) is -0.648. The minimum Gasteiger partial charge on any atom is -0.494 e. The lowest BCUT2D eigenvalue weighted by Crippen LogP contribution is -1.98. The Morgan fingerprint density at radius 2 is 1.89 bits per heavy atom. The molecule has 100 valence electrons. The molecule has 0 saturated heterocycles. The fraction of sp³-hybridized carbons (Fsp3) is 0.143. The number of rotatable bonds is 3. The summed E-state index contributed by atoms with van der Waals surface area (Å²) in [7, 11) is 1.39. The van der Waals surface area contributed by atoms with E-state index < -0.39 is 17.0 Å². The molecule has 2 aromatic carbocycles. The van der Waals surface area contributed by atoms with Crippen molar-refractivity contribution in [1.29, 1.82) is 0 Å². The van der Waals surface area contributed by atoms with Crippen LogP contribution in [0.25, 0.3) is 0 Å². The third-order valence-electron chi connectivity index (χ3n) is 2.72. The molecule has 0 saturated carbocycles. The van der Waals surface area contributed by atoms with Gasteiger partial charge in [0.15, 0.2) is 11.6 Å². The second-order valence-corrected chi connectivity index (χ2v) is 5.13. The lowest BCUT2D eigenvalue weighted by Gasteiger charge is -2.13. The number of alkyl halides is 1. The largest absolute Gasteiger partial charge is 0.494 e. The molecule has 0 radical (unpaired) electrons. The highest BCUT2D eigenvalue weighted by Gasteiger charge is 2.17. The van der Waals surface area contributed by atoms with Gasteiger partial charge in [-0.2, -0.15) is 0 Å². The molecule has 0 heterocycles. The Morgan fingerprint density at radius 1 is 1.16 bits per heavy atom. The van der Waals surface area contributed by atoms with Crippen LogP contribution in [0.3, 0.4) is 0 Å². The summed E-state index contributed by atoms with van der Waals surface area (Å²) in [5.74, 6) is -0.763. The van der Waals surface area contributed by atoms with Crippen LogP contribution in [0.15, 0.2) is 40.9 Å². The van der Waals surface area contributed by atoms with Crippen LogP contribution in [-0.2, 0) is 0 Å². The molecule has 0 N–H and O–H groups in total. The van der Waals surface area contributed by atoms with E-state index in [1.165, 1.54) is 25.3 Å². The minimum absolute atomic E-state index is 0.144. The summed E-state index contributed by atoms with van der Waals surface area (Å²) in [6, 6.07) is 9.00. The molecule has 5 heteroatoms. The molecule has 19 heavy (non-hydrogen) atoms. The van der Waals surface area contributed by atoms with E-state index in [0.717, 1.165) is 0 Å². The topological polar surface area (TPSA) is 9.23 Å². The van der Waals surface area contributed by atoms with Crippen molar-refractivity contribution in [3.63, 3.8) is 0 Å². The molecule has 0 fully saturated rings. The number of halogens is 4. The summed E-state index contributed by atoms with van der Waals surface area (Å²) in [4.78, 5) is 0. The number of methoxy groups -OCH3 is 1. The van der Waals surface area contributed by atoms with Crippen molar-refractivity contribution in [3.05, 3.63) is 63.6 Å². The fourth-order valence-electron chi connectivity index (χ4n) is 1.74. The second-order valence-electron chi connectivity index (χ2n) is 3.90. The van der Waals surface area contributed by atoms with Gasteiger partial charge in [-0.1, -0.05) is 18.2 Å². The van der Waals surface area contributed by atoms with Crippen molar-refractivity contribution < 1.29 is 13.5 Å². The first-order chi connectivity index (χ1) is 9.04. The highest BCUT2D eigenvalue weighted by atomic mass is 79.9. The molecule has 0 aliphatic carbocycles. The summed E-state index contributed by atoms with van der Waals surface area (Å²) >= 11 is 9.42. The first kappa shape index (κ1) is 14.3. The number of ether oxygens (including phenoxy) is 1. The number of benzene rings is 2. The van der Waals surface area contributed by atoms with Gasteiger partial charge in [0.1, 0.15) is 5.82 Å². The molecule has 1 nitrogen and oxygen atoms in total. The Bertz CT molecular complexity index is 604. The van der Waals surface area contributed by atoms with Crippen molar-refractivity contribution in [1.82, 2.24) is 0 Å². The molecule has 0 aromatic heterocycles. The molecule has 2 aromatic rings. The summed E-state index contributed by atoms with van der Waals surface area (Å²) in [5.41, 5.74) is 1.08. The van der Waals surface area contributed by atoms with Gasteiger partial charge in [-0.15, -0.1) is 11.6 Å². The first-order valence-corrected chi connectivity index (χ1v) is 6.69. The van der Waals surface area contributed by atoms with Crippen LogP contribution >= 0.6 is 27.5 Å². The maximum atomic E-state index is 13.6. The standard InChI is InChI=1S/C14H10BrClF2O/c1-19-12-6-5-8(7-11(12)18)14(16)9-3-2-4-10(17)13(9)15/h2-7,14H,1H3. The molecule has 0 amide bonds. The predicted molar refractivity (Wildman–Crippen MR) is 74.7 cm³/mol. The van der Waals surface area contributed by atoms with E-state index in [1.807, 2.05) is 0 Å². The highest BCUT2D eigenvalue weighted by molar-refractivity contribution is 9.10. The molecular weight excluding hydrogens is 338 g/mol. The predicted octanol–water partition coefficient (Wildman–Crippen LogP) is 5.06. The van der Waals surface area contributed by atoms with Gasteiger partial charge in [0, 0.05) is 0 Å². The third kappa shape index (κ3) is 2.90. The van der Waals surface area contributed by atoms with E-state index in [1.54, 1.807) is 18.2 Å². The average molecular weight is 348 g/mol. The quantitative estimate of drug-likeness (QED) is 0.705.